The highest BCUT2D eigenvalue weighted by Gasteiger charge is 2.17. The molecule has 0 bridgehead atoms. The summed E-state index contributed by atoms with van der Waals surface area (Å²) in [6.07, 6.45) is 0.488. The van der Waals surface area contributed by atoms with E-state index in [4.69, 9.17) is 4.74 Å². The SMILES string of the molecule is Cc1cccc(O[C@@H](C)C(=O)Nc2nc(-c3ccc(S(C)(=O)=O)cc3)cs2)c1. The summed E-state index contributed by atoms with van der Waals surface area (Å²) in [5.41, 5.74) is 2.48. The minimum Gasteiger partial charge on any atom is -0.481 e. The van der Waals surface area contributed by atoms with Crippen molar-refractivity contribution >= 4 is 32.2 Å². The standard InChI is InChI=1S/C20H20N2O4S2/c1-13-5-4-6-16(11-13)26-14(2)19(23)22-20-21-18(12-27-20)15-7-9-17(10-8-15)28(3,24)25/h4-12,14H,1-3H3,(H,21,22,23)/t14-/m0/s1. The van der Waals surface area contributed by atoms with Crippen LogP contribution in [-0.4, -0.2) is 31.7 Å². The van der Waals surface area contributed by atoms with Gasteiger partial charge in [0.25, 0.3) is 5.91 Å². The predicted molar refractivity (Wildman–Crippen MR) is 111 cm³/mol. The Labute approximate surface area is 168 Å². The van der Waals surface area contributed by atoms with Gasteiger partial charge in [0.1, 0.15) is 5.75 Å². The maximum Gasteiger partial charge on any atom is 0.266 e. The van der Waals surface area contributed by atoms with Crippen molar-refractivity contribution < 1.29 is 17.9 Å². The number of benzene rings is 2. The number of carbonyl (C=O) groups is 1. The van der Waals surface area contributed by atoms with E-state index in [1.54, 1.807) is 42.6 Å². The number of carbonyl (C=O) groups excluding carboxylic acids is 1. The molecule has 3 rings (SSSR count). The Morgan fingerprint density at radius 3 is 2.54 bits per heavy atom. The molecule has 1 N–H and O–H groups in total. The number of ether oxygens (including phenoxy) is 1. The number of amides is 1. The summed E-state index contributed by atoms with van der Waals surface area (Å²) in [5, 5.41) is 5.00. The van der Waals surface area contributed by atoms with E-state index in [2.05, 4.69) is 10.3 Å². The van der Waals surface area contributed by atoms with Crippen LogP contribution in [0.25, 0.3) is 11.3 Å². The van der Waals surface area contributed by atoms with E-state index in [0.29, 0.717) is 16.6 Å². The molecule has 0 spiro atoms. The quantitative estimate of drug-likeness (QED) is 0.658. The minimum atomic E-state index is -3.24. The maximum atomic E-state index is 12.4. The van der Waals surface area contributed by atoms with Crippen molar-refractivity contribution in [1.29, 1.82) is 0 Å². The second-order valence-electron chi connectivity index (χ2n) is 6.40. The number of aromatic nitrogens is 1. The van der Waals surface area contributed by atoms with Crippen molar-refractivity contribution in [3.05, 3.63) is 59.5 Å². The van der Waals surface area contributed by atoms with Crippen LogP contribution in [0.2, 0.25) is 0 Å². The fourth-order valence-electron chi connectivity index (χ4n) is 2.49. The molecule has 1 amide bonds. The Morgan fingerprint density at radius 1 is 1.18 bits per heavy atom. The number of anilines is 1. The molecule has 0 aliphatic heterocycles. The zero-order chi connectivity index (χ0) is 20.3. The number of rotatable bonds is 6. The summed E-state index contributed by atoms with van der Waals surface area (Å²) in [6, 6.07) is 14.0. The fraction of sp³-hybridized carbons (Fsp3) is 0.200. The highest BCUT2D eigenvalue weighted by atomic mass is 32.2. The van der Waals surface area contributed by atoms with Crippen molar-refractivity contribution in [2.75, 3.05) is 11.6 Å². The molecule has 0 aliphatic rings. The number of thiazole rings is 1. The lowest BCUT2D eigenvalue weighted by molar-refractivity contribution is -0.122. The van der Waals surface area contributed by atoms with Crippen molar-refractivity contribution in [1.82, 2.24) is 4.98 Å². The molecule has 0 radical (unpaired) electrons. The third kappa shape index (κ3) is 4.96. The molecular formula is C20H20N2O4S2. The second kappa shape index (κ2) is 8.12. The molecule has 2 aromatic carbocycles. The summed E-state index contributed by atoms with van der Waals surface area (Å²) in [6.45, 7) is 3.63. The molecule has 1 heterocycles. The number of sulfone groups is 1. The minimum absolute atomic E-state index is 0.252. The first-order valence-corrected chi connectivity index (χ1v) is 11.3. The molecule has 6 nitrogen and oxygen atoms in total. The van der Waals surface area contributed by atoms with Crippen LogP contribution in [-0.2, 0) is 14.6 Å². The Morgan fingerprint density at radius 2 is 1.89 bits per heavy atom. The van der Waals surface area contributed by atoms with E-state index in [-0.39, 0.29) is 10.8 Å². The third-order valence-electron chi connectivity index (χ3n) is 3.98. The summed E-state index contributed by atoms with van der Waals surface area (Å²) < 4.78 is 28.8. The first-order chi connectivity index (χ1) is 13.2. The number of nitrogens with zero attached hydrogens (tertiary/aromatic N) is 1. The van der Waals surface area contributed by atoms with Gasteiger partial charge in [0, 0.05) is 17.2 Å². The van der Waals surface area contributed by atoms with Crippen molar-refractivity contribution in [2.24, 2.45) is 0 Å². The lowest BCUT2D eigenvalue weighted by Crippen LogP contribution is -2.30. The van der Waals surface area contributed by atoms with Crippen molar-refractivity contribution in [3.63, 3.8) is 0 Å². The summed E-state index contributed by atoms with van der Waals surface area (Å²) >= 11 is 1.29. The van der Waals surface area contributed by atoms with Crippen molar-refractivity contribution in [2.45, 2.75) is 24.8 Å². The molecule has 0 saturated heterocycles. The van der Waals surface area contributed by atoms with E-state index < -0.39 is 15.9 Å². The van der Waals surface area contributed by atoms with Gasteiger partial charge in [-0.1, -0.05) is 24.3 Å². The number of hydrogen-bond donors (Lipinski definition) is 1. The Kier molecular flexibility index (Phi) is 5.81. The largest absolute Gasteiger partial charge is 0.481 e. The van der Waals surface area contributed by atoms with Crippen LogP contribution in [0.5, 0.6) is 5.75 Å². The molecule has 0 aliphatic carbocycles. The molecule has 1 atom stereocenters. The lowest BCUT2D eigenvalue weighted by atomic mass is 10.2. The van der Waals surface area contributed by atoms with Crippen LogP contribution in [0.4, 0.5) is 5.13 Å². The highest BCUT2D eigenvalue weighted by Crippen LogP contribution is 2.26. The van der Waals surface area contributed by atoms with Gasteiger partial charge in [-0.15, -0.1) is 11.3 Å². The fourth-order valence-corrected chi connectivity index (χ4v) is 3.84. The van der Waals surface area contributed by atoms with Crippen LogP contribution in [0, 0.1) is 6.92 Å². The molecule has 0 fully saturated rings. The lowest BCUT2D eigenvalue weighted by Gasteiger charge is -2.14. The smallest absolute Gasteiger partial charge is 0.266 e. The van der Waals surface area contributed by atoms with E-state index >= 15 is 0 Å². The second-order valence-corrected chi connectivity index (χ2v) is 9.27. The maximum absolute atomic E-state index is 12.4. The van der Waals surface area contributed by atoms with E-state index in [9.17, 15) is 13.2 Å². The number of hydrogen-bond acceptors (Lipinski definition) is 6. The molecule has 0 unspecified atom stereocenters. The first-order valence-electron chi connectivity index (χ1n) is 8.52. The summed E-state index contributed by atoms with van der Waals surface area (Å²) in [5.74, 6) is 0.336. The van der Waals surface area contributed by atoms with Crippen LogP contribution in [0.15, 0.2) is 58.8 Å². The normalized spacial score (nSPS) is 12.4. The molecule has 28 heavy (non-hydrogen) atoms. The average Bonchev–Trinajstić information content (AvgIpc) is 3.09. The van der Waals surface area contributed by atoms with Crippen LogP contribution >= 0.6 is 11.3 Å². The van der Waals surface area contributed by atoms with Gasteiger partial charge in [0.2, 0.25) is 0 Å². The highest BCUT2D eigenvalue weighted by molar-refractivity contribution is 7.90. The van der Waals surface area contributed by atoms with Gasteiger partial charge >= 0.3 is 0 Å². The van der Waals surface area contributed by atoms with Gasteiger partial charge in [-0.3, -0.25) is 10.1 Å². The van der Waals surface area contributed by atoms with E-state index in [1.807, 2.05) is 25.1 Å². The van der Waals surface area contributed by atoms with Gasteiger partial charge in [0.05, 0.1) is 10.6 Å². The van der Waals surface area contributed by atoms with E-state index in [1.165, 1.54) is 17.6 Å². The Bertz CT molecular complexity index is 1090. The first kappa shape index (κ1) is 20.0. The number of aryl methyl sites for hydroxylation is 1. The molecule has 1 aromatic heterocycles. The molecule has 146 valence electrons. The van der Waals surface area contributed by atoms with Gasteiger partial charge in [-0.05, 0) is 43.7 Å². The average molecular weight is 417 g/mol. The van der Waals surface area contributed by atoms with Gasteiger partial charge in [-0.25, -0.2) is 13.4 Å². The zero-order valence-electron chi connectivity index (χ0n) is 15.7. The van der Waals surface area contributed by atoms with Crippen LogP contribution < -0.4 is 10.1 Å². The van der Waals surface area contributed by atoms with E-state index in [0.717, 1.165) is 11.1 Å². The summed E-state index contributed by atoms with van der Waals surface area (Å²) in [4.78, 5) is 17.0. The van der Waals surface area contributed by atoms with Gasteiger partial charge in [-0.2, -0.15) is 0 Å². The predicted octanol–water partition coefficient (Wildman–Crippen LogP) is 3.93. The van der Waals surface area contributed by atoms with Gasteiger partial charge in [0.15, 0.2) is 21.1 Å². The number of nitrogens with one attached hydrogen (secondary N) is 1. The molecule has 8 heteroatoms. The van der Waals surface area contributed by atoms with Crippen LogP contribution in [0.1, 0.15) is 12.5 Å². The molecule has 3 aromatic rings. The third-order valence-corrected chi connectivity index (χ3v) is 5.87. The monoisotopic (exact) mass is 416 g/mol. The Balaban J connectivity index is 1.66. The summed E-state index contributed by atoms with van der Waals surface area (Å²) in [7, 11) is -3.24. The molecule has 0 saturated carbocycles. The zero-order valence-corrected chi connectivity index (χ0v) is 17.3. The van der Waals surface area contributed by atoms with Gasteiger partial charge < -0.3 is 4.74 Å². The van der Waals surface area contributed by atoms with Crippen LogP contribution in [0.3, 0.4) is 0 Å². The Hall–Kier alpha value is -2.71. The topological polar surface area (TPSA) is 85.4 Å². The van der Waals surface area contributed by atoms with Crippen molar-refractivity contribution in [3.8, 4) is 17.0 Å². The molecular weight excluding hydrogens is 396 g/mol.